The molecule has 0 unspecified atom stereocenters. The SMILES string of the molecule is C[N+]12CC(=O)O[B-]1(/C=C/C=C/Cl)OC(=O)C2. The molecule has 0 aromatic heterocycles. The number of hydrogen-bond acceptors (Lipinski definition) is 4. The molecule has 0 bridgehead atoms. The van der Waals surface area contributed by atoms with E-state index in [2.05, 4.69) is 0 Å². The lowest BCUT2D eigenvalue weighted by atomic mass is 9.68. The van der Waals surface area contributed by atoms with E-state index in [1.54, 1.807) is 25.2 Å². The fourth-order valence-electron chi connectivity index (χ4n) is 2.16. The van der Waals surface area contributed by atoms with Gasteiger partial charge >= 0.3 is 18.6 Å². The lowest BCUT2D eigenvalue weighted by Crippen LogP contribution is -2.58. The molecule has 0 aromatic carbocycles. The van der Waals surface area contributed by atoms with Crippen LogP contribution in [-0.2, 0) is 18.9 Å². The zero-order chi connectivity index (χ0) is 11.8. The summed E-state index contributed by atoms with van der Waals surface area (Å²) in [5, 5.41) is 0. The van der Waals surface area contributed by atoms with Gasteiger partial charge in [0.1, 0.15) is 13.1 Å². The molecular formula is C9H11BClNO4. The smallest absolute Gasteiger partial charge is 0.596 e. The molecule has 0 N–H and O–H groups in total. The summed E-state index contributed by atoms with van der Waals surface area (Å²) in [5.74, 6) is 0.887. The average Bonchev–Trinajstić information content (AvgIpc) is 2.49. The van der Waals surface area contributed by atoms with Crippen LogP contribution in [0.3, 0.4) is 0 Å². The minimum Gasteiger partial charge on any atom is -0.596 e. The molecule has 5 nitrogen and oxygen atoms in total. The monoisotopic (exact) mass is 243 g/mol. The average molecular weight is 243 g/mol. The van der Waals surface area contributed by atoms with Gasteiger partial charge in [0, 0.05) is 12.6 Å². The van der Waals surface area contributed by atoms with Gasteiger partial charge in [0.15, 0.2) is 0 Å². The molecule has 16 heavy (non-hydrogen) atoms. The Morgan fingerprint density at radius 3 is 2.31 bits per heavy atom. The lowest BCUT2D eigenvalue weighted by molar-refractivity contribution is -0.791. The fraction of sp³-hybridized carbons (Fsp3) is 0.333. The number of nitrogens with zero attached hydrogens (tertiary/aromatic N) is 1. The Balaban J connectivity index is 2.34. The van der Waals surface area contributed by atoms with E-state index in [1.165, 1.54) is 5.54 Å². The Bertz CT molecular complexity index is 386. The number of fused-ring (bicyclic) bond motifs is 1. The minimum absolute atomic E-state index is 0.153. The topological polar surface area (TPSA) is 52.6 Å². The molecule has 0 aromatic rings. The third kappa shape index (κ3) is 1.54. The van der Waals surface area contributed by atoms with E-state index in [4.69, 9.17) is 20.9 Å². The zero-order valence-corrected chi connectivity index (χ0v) is 9.52. The standard InChI is InChI=1S/C9H11BClNO4/c1-12-6-8(13)15-10(12,4-2-3-5-11)16-9(14)7-12/h2-5H,6-7H2,1H3/b4-2+,5-3+. The van der Waals surface area contributed by atoms with E-state index in [9.17, 15) is 9.59 Å². The molecule has 0 spiro atoms. The summed E-state index contributed by atoms with van der Waals surface area (Å²) in [6, 6.07) is 0. The van der Waals surface area contributed by atoms with Gasteiger partial charge in [0.2, 0.25) is 0 Å². The summed E-state index contributed by atoms with van der Waals surface area (Å²) < 4.78 is 10.5. The van der Waals surface area contributed by atoms with Crippen LogP contribution >= 0.6 is 11.6 Å². The summed E-state index contributed by atoms with van der Waals surface area (Å²) in [5.41, 5.74) is 1.32. The molecule has 2 aliphatic heterocycles. The molecule has 0 amide bonds. The summed E-state index contributed by atoms with van der Waals surface area (Å²) in [6.07, 6.45) is 3.18. The number of carbonyl (C=O) groups is 2. The summed E-state index contributed by atoms with van der Waals surface area (Å²) >= 11 is 5.37. The van der Waals surface area contributed by atoms with Crippen LogP contribution in [0.4, 0.5) is 0 Å². The van der Waals surface area contributed by atoms with Crippen molar-refractivity contribution < 1.29 is 23.3 Å². The molecule has 0 saturated carbocycles. The van der Waals surface area contributed by atoms with Crippen LogP contribution in [0, 0.1) is 0 Å². The van der Waals surface area contributed by atoms with Crippen molar-refractivity contribution in [3.8, 4) is 0 Å². The number of allylic oxidation sites excluding steroid dienone is 2. The first-order chi connectivity index (χ1) is 7.51. The first-order valence-corrected chi connectivity index (χ1v) is 5.32. The minimum atomic E-state index is -2.05. The molecule has 0 aliphatic carbocycles. The van der Waals surface area contributed by atoms with Crippen molar-refractivity contribution in [3.05, 3.63) is 23.7 Å². The van der Waals surface area contributed by atoms with Crippen molar-refractivity contribution in [1.82, 2.24) is 0 Å². The van der Waals surface area contributed by atoms with Crippen LogP contribution in [0.2, 0.25) is 0 Å². The number of likely N-dealkylation sites (N-methyl/N-ethyl adjacent to an activating group) is 1. The Morgan fingerprint density at radius 1 is 1.25 bits per heavy atom. The van der Waals surface area contributed by atoms with Crippen LogP contribution in [-0.4, -0.2) is 43.2 Å². The van der Waals surface area contributed by atoms with Gasteiger partial charge in [-0.2, -0.15) is 0 Å². The number of rotatable bonds is 2. The van der Waals surface area contributed by atoms with Crippen molar-refractivity contribution in [1.29, 1.82) is 0 Å². The molecule has 7 heteroatoms. The van der Waals surface area contributed by atoms with Gasteiger partial charge in [-0.25, -0.2) is 0 Å². The molecule has 0 atom stereocenters. The normalized spacial score (nSPS) is 38.1. The Kier molecular flexibility index (Phi) is 2.55. The second kappa shape index (κ2) is 3.64. The number of halogens is 1. The van der Waals surface area contributed by atoms with E-state index in [1.807, 2.05) is 0 Å². The predicted octanol–water partition coefficient (Wildman–Crippen LogP) is 0.333. The van der Waals surface area contributed by atoms with Crippen LogP contribution in [0.5, 0.6) is 0 Å². The molecular weight excluding hydrogens is 232 g/mol. The van der Waals surface area contributed by atoms with Gasteiger partial charge < -0.3 is 13.7 Å². The number of carbonyl (C=O) groups excluding carboxylic acids is 2. The second-order valence-corrected chi connectivity index (χ2v) is 4.46. The van der Waals surface area contributed by atoms with Gasteiger partial charge in [0.05, 0.1) is 0 Å². The van der Waals surface area contributed by atoms with E-state index in [0.29, 0.717) is 0 Å². The molecule has 2 aliphatic rings. The Hall–Kier alpha value is -1.27. The van der Waals surface area contributed by atoms with Gasteiger partial charge in [-0.1, -0.05) is 29.7 Å². The molecule has 2 fully saturated rings. The van der Waals surface area contributed by atoms with Gasteiger partial charge in [-0.05, 0) is 0 Å². The predicted molar refractivity (Wildman–Crippen MR) is 58.0 cm³/mol. The van der Waals surface area contributed by atoms with Crippen molar-refractivity contribution in [2.45, 2.75) is 0 Å². The van der Waals surface area contributed by atoms with E-state index >= 15 is 0 Å². The number of quaternary nitrogens is 1. The molecule has 86 valence electrons. The van der Waals surface area contributed by atoms with Crippen LogP contribution in [0.15, 0.2) is 23.7 Å². The first kappa shape index (κ1) is 11.2. The Morgan fingerprint density at radius 2 is 1.81 bits per heavy atom. The quantitative estimate of drug-likeness (QED) is 0.518. The highest BCUT2D eigenvalue weighted by Crippen LogP contribution is 2.34. The summed E-state index contributed by atoms with van der Waals surface area (Å²) in [6.45, 7) is -1.74. The van der Waals surface area contributed by atoms with Crippen molar-refractivity contribution in [2.24, 2.45) is 0 Å². The highest BCUT2D eigenvalue weighted by Gasteiger charge is 2.63. The number of hydrogen-bond donors (Lipinski definition) is 0. The van der Waals surface area contributed by atoms with Gasteiger partial charge in [0.25, 0.3) is 0 Å². The van der Waals surface area contributed by atoms with Crippen LogP contribution in [0.1, 0.15) is 0 Å². The third-order valence-electron chi connectivity index (χ3n) is 2.99. The molecule has 0 radical (unpaired) electrons. The van der Waals surface area contributed by atoms with Gasteiger partial charge in [-0.3, -0.25) is 9.59 Å². The lowest BCUT2D eigenvalue weighted by Gasteiger charge is -2.37. The molecule has 2 heterocycles. The summed E-state index contributed by atoms with van der Waals surface area (Å²) in [4.78, 5) is 22.6. The van der Waals surface area contributed by atoms with Crippen molar-refractivity contribution >= 4 is 30.2 Å². The van der Waals surface area contributed by atoms with E-state index < -0.39 is 6.69 Å². The fourth-order valence-corrected chi connectivity index (χ4v) is 2.25. The first-order valence-electron chi connectivity index (χ1n) is 4.88. The van der Waals surface area contributed by atoms with E-state index in [-0.39, 0.29) is 29.4 Å². The maximum Gasteiger partial charge on any atom is 0.607 e. The maximum atomic E-state index is 11.3. The van der Waals surface area contributed by atoms with Crippen molar-refractivity contribution in [3.63, 3.8) is 0 Å². The largest absolute Gasteiger partial charge is 0.607 e. The van der Waals surface area contributed by atoms with Crippen molar-refractivity contribution in [2.75, 3.05) is 20.1 Å². The maximum absolute atomic E-state index is 11.3. The zero-order valence-electron chi connectivity index (χ0n) is 8.76. The Labute approximate surface area is 97.8 Å². The second-order valence-electron chi connectivity index (χ2n) is 4.21. The van der Waals surface area contributed by atoms with Crippen LogP contribution in [0.25, 0.3) is 0 Å². The highest BCUT2D eigenvalue weighted by atomic mass is 35.5. The van der Waals surface area contributed by atoms with Crippen LogP contribution < -0.4 is 0 Å². The molecule has 2 rings (SSSR count). The van der Waals surface area contributed by atoms with E-state index in [0.717, 1.165) is 0 Å². The summed E-state index contributed by atoms with van der Waals surface area (Å²) in [7, 11) is 1.77. The highest BCUT2D eigenvalue weighted by molar-refractivity contribution is 6.71. The molecule has 2 saturated heterocycles. The third-order valence-corrected chi connectivity index (χ3v) is 3.13. The van der Waals surface area contributed by atoms with Gasteiger partial charge in [-0.15, -0.1) is 0 Å².